The van der Waals surface area contributed by atoms with E-state index in [9.17, 15) is 14.7 Å². The van der Waals surface area contributed by atoms with E-state index in [4.69, 9.17) is 28.4 Å². The van der Waals surface area contributed by atoms with Gasteiger partial charge in [0.05, 0.1) is 45.6 Å². The second-order valence-corrected chi connectivity index (χ2v) is 15.1. The first-order valence-corrected chi connectivity index (χ1v) is 17.2. The fraction of sp³-hybridized carbons (Fsp3) is 0.730. The molecule has 4 bridgehead atoms. The molecule has 1 heterocycles. The van der Waals surface area contributed by atoms with Crippen molar-refractivity contribution in [1.82, 2.24) is 4.90 Å². The van der Waals surface area contributed by atoms with Crippen LogP contribution in [-0.2, 0) is 30.3 Å². The number of hydrogen-bond acceptors (Lipinski definition) is 9. The Morgan fingerprint density at radius 1 is 1.06 bits per heavy atom. The summed E-state index contributed by atoms with van der Waals surface area (Å²) in [7, 11) is 6.48. The molecule has 47 heavy (non-hydrogen) atoms. The molecule has 10 atom stereocenters. The SMILES string of the molecule is COc1cc(CN2C[C@H](OCC34C[C@@H]5[C@H](C)CC[C@H]5[C@@]5(C=O)CC3C=C(C(C)C)[C@@]45C(=O)O)O[C@H](C)[C@@H](OC)C2)cc(OC)c1OC. The maximum Gasteiger partial charge on any atom is 0.315 e. The Bertz CT molecular complexity index is 1370. The Kier molecular flexibility index (Phi) is 9.22. The smallest absolute Gasteiger partial charge is 0.315 e. The first-order chi connectivity index (χ1) is 22.5. The van der Waals surface area contributed by atoms with E-state index in [0.29, 0.717) is 55.1 Å². The maximum atomic E-state index is 13.9. The van der Waals surface area contributed by atoms with Crippen molar-refractivity contribution in [2.45, 2.75) is 78.4 Å². The Hall–Kier alpha value is -2.66. The van der Waals surface area contributed by atoms with E-state index in [2.05, 4.69) is 31.7 Å². The zero-order valence-electron chi connectivity index (χ0n) is 29.2. The Morgan fingerprint density at radius 2 is 1.77 bits per heavy atom. The van der Waals surface area contributed by atoms with Crippen LogP contribution in [0.4, 0.5) is 0 Å². The second-order valence-electron chi connectivity index (χ2n) is 15.1. The second kappa shape index (κ2) is 12.7. The minimum Gasteiger partial charge on any atom is -0.493 e. The molecule has 1 N–H and O–H groups in total. The number of hydrogen-bond donors (Lipinski definition) is 1. The third-order valence-corrected chi connectivity index (χ3v) is 12.8. The summed E-state index contributed by atoms with van der Waals surface area (Å²) >= 11 is 0. The van der Waals surface area contributed by atoms with Crippen LogP contribution in [-0.4, -0.2) is 88.9 Å². The molecule has 4 aliphatic carbocycles. The maximum absolute atomic E-state index is 13.9. The molecule has 1 saturated heterocycles. The van der Waals surface area contributed by atoms with Gasteiger partial charge in [-0.3, -0.25) is 9.69 Å². The van der Waals surface area contributed by atoms with Gasteiger partial charge in [-0.1, -0.05) is 38.8 Å². The van der Waals surface area contributed by atoms with Crippen molar-refractivity contribution < 1.29 is 43.1 Å². The molecular weight excluding hydrogens is 602 g/mol. The van der Waals surface area contributed by atoms with Crippen molar-refractivity contribution in [3.8, 4) is 17.2 Å². The minimum atomic E-state index is -1.28. The molecular formula is C37H53NO9. The topological polar surface area (TPSA) is 113 Å². The van der Waals surface area contributed by atoms with E-state index in [1.54, 1.807) is 28.4 Å². The van der Waals surface area contributed by atoms with Gasteiger partial charge in [0.15, 0.2) is 17.8 Å². The van der Waals surface area contributed by atoms with Crippen LogP contribution in [0.1, 0.15) is 58.9 Å². The number of carbonyl (C=O) groups excluding carboxylic acids is 1. The molecule has 6 rings (SSSR count). The summed E-state index contributed by atoms with van der Waals surface area (Å²) in [5, 5.41) is 11.3. The third-order valence-electron chi connectivity index (χ3n) is 12.8. The highest BCUT2D eigenvalue weighted by Crippen LogP contribution is 2.82. The zero-order valence-corrected chi connectivity index (χ0v) is 29.2. The molecule has 0 aromatic heterocycles. The van der Waals surface area contributed by atoms with Gasteiger partial charge in [-0.25, -0.2) is 0 Å². The lowest BCUT2D eigenvalue weighted by Gasteiger charge is -2.58. The Morgan fingerprint density at radius 3 is 2.34 bits per heavy atom. The summed E-state index contributed by atoms with van der Waals surface area (Å²) in [6.07, 6.45) is 5.45. The van der Waals surface area contributed by atoms with Gasteiger partial charge < -0.3 is 38.3 Å². The molecule has 10 nitrogen and oxygen atoms in total. The summed E-state index contributed by atoms with van der Waals surface area (Å²) in [6, 6.07) is 3.89. The number of aliphatic carboxylic acids is 1. The number of methoxy groups -OCH3 is 4. The molecule has 4 fully saturated rings. The molecule has 1 aromatic carbocycles. The van der Waals surface area contributed by atoms with Crippen LogP contribution in [0.15, 0.2) is 23.8 Å². The quantitative estimate of drug-likeness (QED) is 0.238. The minimum absolute atomic E-state index is 0.0102. The number of benzene rings is 1. The summed E-state index contributed by atoms with van der Waals surface area (Å²) in [4.78, 5) is 29.5. The molecule has 0 radical (unpaired) electrons. The molecule has 10 heteroatoms. The Balaban J connectivity index is 1.32. The number of carboxylic acid groups (broad SMARTS) is 1. The summed E-state index contributed by atoms with van der Waals surface area (Å²) in [5.41, 5.74) is -1.05. The number of carboxylic acids is 1. The number of carbonyl (C=O) groups is 2. The number of allylic oxidation sites excluding steroid dienone is 1. The average Bonchev–Trinajstić information content (AvgIpc) is 3.57. The van der Waals surface area contributed by atoms with E-state index < -0.39 is 28.5 Å². The van der Waals surface area contributed by atoms with Crippen LogP contribution < -0.4 is 14.2 Å². The highest BCUT2D eigenvalue weighted by molar-refractivity contribution is 5.90. The molecule has 260 valence electrons. The summed E-state index contributed by atoms with van der Waals surface area (Å²) < 4.78 is 36.0. The molecule has 1 aliphatic heterocycles. The summed E-state index contributed by atoms with van der Waals surface area (Å²) in [6.45, 7) is 10.2. The van der Waals surface area contributed by atoms with Crippen LogP contribution in [0.2, 0.25) is 0 Å². The van der Waals surface area contributed by atoms with Gasteiger partial charge >= 0.3 is 5.97 Å². The van der Waals surface area contributed by atoms with Gasteiger partial charge in [0.2, 0.25) is 5.75 Å². The van der Waals surface area contributed by atoms with Crippen LogP contribution in [0.5, 0.6) is 17.2 Å². The number of nitrogens with zero attached hydrogens (tertiary/aromatic N) is 1. The van der Waals surface area contributed by atoms with Gasteiger partial charge in [-0.15, -0.1) is 0 Å². The van der Waals surface area contributed by atoms with E-state index in [1.165, 1.54) is 0 Å². The predicted octanol–water partition coefficient (Wildman–Crippen LogP) is 5.22. The highest BCUT2D eigenvalue weighted by Gasteiger charge is 2.84. The average molecular weight is 656 g/mol. The fourth-order valence-electron chi connectivity index (χ4n) is 10.9. The lowest BCUT2D eigenvalue weighted by atomic mass is 9.43. The van der Waals surface area contributed by atoms with Gasteiger partial charge in [0, 0.05) is 32.2 Å². The van der Waals surface area contributed by atoms with Gasteiger partial charge in [-0.05, 0) is 73.5 Å². The van der Waals surface area contributed by atoms with Crippen LogP contribution in [0, 0.1) is 45.8 Å². The fourth-order valence-corrected chi connectivity index (χ4v) is 10.9. The largest absolute Gasteiger partial charge is 0.493 e. The van der Waals surface area contributed by atoms with Crippen LogP contribution in [0.25, 0.3) is 0 Å². The number of aldehydes is 1. The van der Waals surface area contributed by atoms with Crippen molar-refractivity contribution in [2.75, 3.05) is 48.1 Å². The van der Waals surface area contributed by atoms with Gasteiger partial charge in [-0.2, -0.15) is 0 Å². The first kappa shape index (κ1) is 34.2. The molecule has 0 spiro atoms. The van der Waals surface area contributed by atoms with Crippen molar-refractivity contribution in [2.24, 2.45) is 45.8 Å². The molecule has 0 amide bonds. The highest BCUT2D eigenvalue weighted by atomic mass is 16.7. The zero-order chi connectivity index (χ0) is 33.9. The van der Waals surface area contributed by atoms with E-state index in [-0.39, 0.29) is 36.6 Å². The normalized spacial score (nSPS) is 39.3. The van der Waals surface area contributed by atoms with Crippen molar-refractivity contribution in [1.29, 1.82) is 0 Å². The van der Waals surface area contributed by atoms with Crippen LogP contribution in [0.3, 0.4) is 0 Å². The van der Waals surface area contributed by atoms with E-state index in [1.807, 2.05) is 19.1 Å². The van der Waals surface area contributed by atoms with E-state index in [0.717, 1.165) is 36.7 Å². The monoisotopic (exact) mass is 655 g/mol. The van der Waals surface area contributed by atoms with Crippen LogP contribution >= 0.6 is 0 Å². The molecule has 5 aliphatic rings. The lowest BCUT2D eigenvalue weighted by molar-refractivity contribution is -0.220. The van der Waals surface area contributed by atoms with Crippen molar-refractivity contribution in [3.63, 3.8) is 0 Å². The molecule has 1 aromatic rings. The van der Waals surface area contributed by atoms with E-state index >= 15 is 0 Å². The third kappa shape index (κ3) is 4.87. The van der Waals surface area contributed by atoms with Crippen molar-refractivity contribution in [3.05, 3.63) is 29.3 Å². The molecule has 2 unspecified atom stereocenters. The van der Waals surface area contributed by atoms with Gasteiger partial charge in [0.25, 0.3) is 0 Å². The number of rotatable bonds is 12. The van der Waals surface area contributed by atoms with Crippen molar-refractivity contribution >= 4 is 12.3 Å². The first-order valence-electron chi connectivity index (χ1n) is 17.2. The summed E-state index contributed by atoms with van der Waals surface area (Å²) in [5.74, 6) is 1.61. The Labute approximate surface area is 279 Å². The number of ether oxygens (including phenoxy) is 6. The number of fused-ring (bicyclic) bond motifs is 2. The van der Waals surface area contributed by atoms with Gasteiger partial charge in [0.1, 0.15) is 11.7 Å². The standard InChI is InChI=1S/C37H53NO9/c1-21(2)28-13-25-14-35(19-39)27-10-9-22(3)26(27)15-36(25,37(28,35)34(40)41)20-46-32-18-38(17-31(44-7)23(4)47-32)16-24-11-29(42-5)33(45-8)30(12-24)43-6/h11-13,19,21-23,25-27,31-32H,9-10,14-18,20H2,1-8H3,(H,40,41)/t22-,23-,25?,26-,27-,31+,32-,35+,36?,37+/m1/s1. The predicted molar refractivity (Wildman–Crippen MR) is 174 cm³/mol. The molecule has 3 saturated carbocycles. The lowest BCUT2D eigenvalue weighted by Crippen LogP contribution is -2.63.